The summed E-state index contributed by atoms with van der Waals surface area (Å²) in [6, 6.07) is 22.1. The first kappa shape index (κ1) is 23.9. The van der Waals surface area contributed by atoms with Crippen LogP contribution in [0.5, 0.6) is 17.2 Å². The van der Waals surface area contributed by atoms with Gasteiger partial charge >= 0.3 is 5.97 Å². The van der Waals surface area contributed by atoms with Crippen LogP contribution in [0.15, 0.2) is 66.7 Å². The Bertz CT molecular complexity index is 1160. The lowest BCUT2D eigenvalue weighted by Crippen LogP contribution is -2.10. The number of hydrogen-bond donors (Lipinski definition) is 0. The highest BCUT2D eigenvalue weighted by atomic mass is 35.5. The topological polar surface area (TPSA) is 68.5 Å². The van der Waals surface area contributed by atoms with Gasteiger partial charge in [-0.05, 0) is 66.9 Å². The first-order chi connectivity index (χ1) is 16.0. The third-order valence-electron chi connectivity index (χ3n) is 4.81. The van der Waals surface area contributed by atoms with Gasteiger partial charge in [0, 0.05) is 11.4 Å². The van der Waals surface area contributed by atoms with Gasteiger partial charge in [0.05, 0.1) is 25.4 Å². The van der Waals surface area contributed by atoms with Crippen molar-refractivity contribution >= 4 is 29.2 Å². The molecule has 0 amide bonds. The molecule has 0 aromatic heterocycles. The van der Waals surface area contributed by atoms with E-state index in [2.05, 4.69) is 6.07 Å². The zero-order valence-corrected chi connectivity index (χ0v) is 19.3. The van der Waals surface area contributed by atoms with E-state index in [-0.39, 0.29) is 12.4 Å². The van der Waals surface area contributed by atoms with E-state index >= 15 is 0 Å². The van der Waals surface area contributed by atoms with Gasteiger partial charge < -0.3 is 14.2 Å². The van der Waals surface area contributed by atoms with Crippen LogP contribution in [0.4, 0.5) is 0 Å². The summed E-state index contributed by atoms with van der Waals surface area (Å²) in [7, 11) is 1.50. The van der Waals surface area contributed by atoms with Crippen LogP contribution in [-0.2, 0) is 4.79 Å². The fourth-order valence-corrected chi connectivity index (χ4v) is 3.18. The minimum absolute atomic E-state index is 0.214. The maximum Gasteiger partial charge on any atom is 0.311 e. The molecule has 5 nitrogen and oxygen atoms in total. The number of methoxy groups -OCH3 is 1. The Labute approximate surface area is 198 Å². The van der Waals surface area contributed by atoms with E-state index < -0.39 is 0 Å². The average molecular weight is 462 g/mol. The van der Waals surface area contributed by atoms with E-state index in [4.69, 9.17) is 25.8 Å². The van der Waals surface area contributed by atoms with Gasteiger partial charge in [-0.1, -0.05) is 47.5 Å². The molecule has 0 aliphatic carbocycles. The standard InChI is InChI=1S/C27H24ClNO4/c1-19-5-12-24(13-6-19)32-15-3-4-27(30)33-25-14-7-20(17-26(25)31-2)16-22(18-29)21-8-10-23(28)11-9-21/h5-14,16-17H,3-4,15H2,1-2H3. The average Bonchev–Trinajstić information content (AvgIpc) is 2.83. The van der Waals surface area contributed by atoms with Crippen LogP contribution < -0.4 is 14.2 Å². The molecule has 0 N–H and O–H groups in total. The van der Waals surface area contributed by atoms with Crippen LogP contribution in [0, 0.1) is 18.3 Å². The van der Waals surface area contributed by atoms with Crippen molar-refractivity contribution < 1.29 is 19.0 Å². The smallest absolute Gasteiger partial charge is 0.311 e. The van der Waals surface area contributed by atoms with Crippen molar-refractivity contribution in [3.63, 3.8) is 0 Å². The molecule has 3 aromatic carbocycles. The van der Waals surface area contributed by atoms with Crippen molar-refractivity contribution in [2.75, 3.05) is 13.7 Å². The molecule has 0 aliphatic rings. The Morgan fingerprint density at radius 3 is 2.42 bits per heavy atom. The molecule has 0 saturated heterocycles. The van der Waals surface area contributed by atoms with E-state index in [1.165, 1.54) is 7.11 Å². The van der Waals surface area contributed by atoms with E-state index in [9.17, 15) is 10.1 Å². The van der Waals surface area contributed by atoms with Crippen LogP contribution in [-0.4, -0.2) is 19.7 Å². The largest absolute Gasteiger partial charge is 0.494 e. The van der Waals surface area contributed by atoms with Crippen LogP contribution in [0.25, 0.3) is 11.6 Å². The summed E-state index contributed by atoms with van der Waals surface area (Å²) in [6.07, 6.45) is 2.48. The van der Waals surface area contributed by atoms with Crippen LogP contribution in [0.3, 0.4) is 0 Å². The van der Waals surface area contributed by atoms with Gasteiger partial charge in [0.25, 0.3) is 0 Å². The van der Waals surface area contributed by atoms with Gasteiger partial charge in [-0.3, -0.25) is 4.79 Å². The van der Waals surface area contributed by atoms with Gasteiger partial charge in [-0.25, -0.2) is 0 Å². The number of rotatable bonds is 9. The molecule has 3 aromatic rings. The number of nitrogens with zero attached hydrogens (tertiary/aromatic N) is 1. The number of esters is 1. The summed E-state index contributed by atoms with van der Waals surface area (Å²) < 4.78 is 16.5. The Morgan fingerprint density at radius 2 is 1.76 bits per heavy atom. The molecule has 0 fully saturated rings. The summed E-state index contributed by atoms with van der Waals surface area (Å²) in [4.78, 5) is 12.3. The van der Waals surface area contributed by atoms with E-state index in [1.807, 2.05) is 31.2 Å². The molecular weight excluding hydrogens is 438 g/mol. The summed E-state index contributed by atoms with van der Waals surface area (Å²) in [6.45, 7) is 2.43. The molecule has 6 heteroatoms. The first-order valence-electron chi connectivity index (χ1n) is 10.4. The first-order valence-corrected chi connectivity index (χ1v) is 10.8. The Balaban J connectivity index is 1.59. The van der Waals surface area contributed by atoms with Crippen molar-refractivity contribution in [3.05, 3.63) is 88.4 Å². The molecule has 0 unspecified atom stereocenters. The molecular formula is C27H24ClNO4. The lowest BCUT2D eigenvalue weighted by Gasteiger charge is -2.11. The molecule has 0 bridgehead atoms. The fraction of sp³-hybridized carbons (Fsp3) is 0.185. The minimum atomic E-state index is -0.372. The molecule has 3 rings (SSSR count). The predicted molar refractivity (Wildman–Crippen MR) is 129 cm³/mol. The van der Waals surface area contributed by atoms with Crippen molar-refractivity contribution in [2.45, 2.75) is 19.8 Å². The normalized spacial score (nSPS) is 10.9. The summed E-state index contributed by atoms with van der Waals surface area (Å²) in [5, 5.41) is 10.1. The summed E-state index contributed by atoms with van der Waals surface area (Å²) in [5.74, 6) is 1.13. The SMILES string of the molecule is COc1cc(C=C(C#N)c2ccc(Cl)cc2)ccc1OC(=O)CCCOc1ccc(C)cc1. The Kier molecular flexibility index (Phi) is 8.51. The molecule has 0 heterocycles. The number of benzene rings is 3. The Morgan fingerprint density at radius 1 is 1.03 bits per heavy atom. The number of carbonyl (C=O) groups is 1. The van der Waals surface area contributed by atoms with Crippen molar-refractivity contribution in [1.29, 1.82) is 5.26 Å². The number of allylic oxidation sites excluding steroid dienone is 1. The van der Waals surface area contributed by atoms with Crippen molar-refractivity contribution in [2.24, 2.45) is 0 Å². The van der Waals surface area contributed by atoms with Gasteiger partial charge in [0.15, 0.2) is 11.5 Å². The van der Waals surface area contributed by atoms with Gasteiger partial charge in [0.2, 0.25) is 0 Å². The zero-order chi connectivity index (χ0) is 23.6. The Hall–Kier alpha value is -3.75. The summed E-state index contributed by atoms with van der Waals surface area (Å²) >= 11 is 5.92. The van der Waals surface area contributed by atoms with Crippen LogP contribution in [0.1, 0.15) is 29.5 Å². The lowest BCUT2D eigenvalue weighted by atomic mass is 10.0. The van der Waals surface area contributed by atoms with Crippen molar-refractivity contribution in [1.82, 2.24) is 0 Å². The second-order valence-corrected chi connectivity index (χ2v) is 7.76. The summed E-state index contributed by atoms with van der Waals surface area (Å²) in [5.41, 5.74) is 3.14. The monoisotopic (exact) mass is 461 g/mol. The number of hydrogen-bond acceptors (Lipinski definition) is 5. The maximum atomic E-state index is 12.3. The van der Waals surface area contributed by atoms with Gasteiger partial charge in [-0.2, -0.15) is 5.26 Å². The fourth-order valence-electron chi connectivity index (χ4n) is 3.05. The number of aryl methyl sites for hydroxylation is 1. The maximum absolute atomic E-state index is 12.3. The number of nitriles is 1. The second kappa shape index (κ2) is 11.8. The number of halogens is 1. The van der Waals surface area contributed by atoms with E-state index in [0.717, 1.165) is 22.4 Å². The third-order valence-corrected chi connectivity index (χ3v) is 5.07. The molecule has 0 radical (unpaired) electrons. The van der Waals surface area contributed by atoms with Crippen LogP contribution in [0.2, 0.25) is 5.02 Å². The molecule has 0 aliphatic heterocycles. The quantitative estimate of drug-likeness (QED) is 0.120. The minimum Gasteiger partial charge on any atom is -0.494 e. The van der Waals surface area contributed by atoms with Crippen molar-refractivity contribution in [3.8, 4) is 23.3 Å². The highest BCUT2D eigenvalue weighted by molar-refractivity contribution is 6.30. The number of carbonyl (C=O) groups excluding carboxylic acids is 1. The van der Waals surface area contributed by atoms with E-state index in [0.29, 0.717) is 35.1 Å². The molecule has 33 heavy (non-hydrogen) atoms. The van der Waals surface area contributed by atoms with E-state index in [1.54, 1.807) is 48.5 Å². The second-order valence-electron chi connectivity index (χ2n) is 7.33. The van der Waals surface area contributed by atoms with Gasteiger partial charge in [-0.15, -0.1) is 0 Å². The molecule has 168 valence electrons. The van der Waals surface area contributed by atoms with Crippen LogP contribution >= 0.6 is 11.6 Å². The molecule has 0 saturated carbocycles. The number of ether oxygens (including phenoxy) is 3. The van der Waals surface area contributed by atoms with Gasteiger partial charge in [0.1, 0.15) is 5.75 Å². The molecule has 0 spiro atoms. The predicted octanol–water partition coefficient (Wildman–Crippen LogP) is 6.49. The highest BCUT2D eigenvalue weighted by Gasteiger charge is 2.11. The highest BCUT2D eigenvalue weighted by Crippen LogP contribution is 2.30. The third kappa shape index (κ3) is 7.13. The zero-order valence-electron chi connectivity index (χ0n) is 18.5. The lowest BCUT2D eigenvalue weighted by molar-refractivity contribution is -0.134. The molecule has 0 atom stereocenters.